The van der Waals surface area contributed by atoms with E-state index in [0.717, 1.165) is 0 Å². The highest BCUT2D eigenvalue weighted by atomic mass is 16.4. The topological polar surface area (TPSA) is 98.7 Å². The van der Waals surface area contributed by atoms with Crippen LogP contribution in [0.25, 0.3) is 0 Å². The first kappa shape index (κ1) is 13.9. The summed E-state index contributed by atoms with van der Waals surface area (Å²) in [4.78, 5) is 22.1. The molecule has 1 amide bonds. The van der Waals surface area contributed by atoms with Gasteiger partial charge in [-0.3, -0.25) is 4.79 Å². The summed E-state index contributed by atoms with van der Waals surface area (Å²) < 4.78 is 0. The molecule has 0 aromatic carbocycles. The van der Waals surface area contributed by atoms with Crippen molar-refractivity contribution < 1.29 is 19.8 Å². The van der Waals surface area contributed by atoms with Gasteiger partial charge in [0.05, 0.1) is 6.10 Å². The number of carbonyl (C=O) groups excluding carboxylic acids is 1. The van der Waals surface area contributed by atoms with E-state index >= 15 is 0 Å². The lowest BCUT2D eigenvalue weighted by molar-refractivity contribution is -0.145. The van der Waals surface area contributed by atoms with Gasteiger partial charge in [-0.05, 0) is 14.0 Å². The van der Waals surface area contributed by atoms with Crippen LogP contribution in [0, 0.1) is 5.92 Å². The van der Waals surface area contributed by atoms with Crippen molar-refractivity contribution in [3.05, 3.63) is 0 Å². The van der Waals surface area contributed by atoms with Crippen LogP contribution < -0.4 is 10.6 Å². The molecule has 0 fully saturated rings. The molecule has 4 N–H and O–H groups in total. The summed E-state index contributed by atoms with van der Waals surface area (Å²) in [5.41, 5.74) is 0. The standard InChI is InChI=1S/C9H18N2O4/c1-5(4-10-3)8(13)11-7(6(2)12)9(14)15/h5-7,10,12H,4H2,1-3H3,(H,11,13)(H,14,15). The first-order valence-corrected chi connectivity index (χ1v) is 4.76. The first-order chi connectivity index (χ1) is 6.90. The Bertz CT molecular complexity index is 230. The molecular formula is C9H18N2O4. The molecule has 6 nitrogen and oxygen atoms in total. The number of carboxylic acids is 1. The SMILES string of the molecule is CNCC(C)C(=O)NC(C(=O)O)C(C)O. The number of amides is 1. The second-order valence-corrected chi connectivity index (χ2v) is 3.52. The number of hydrogen-bond acceptors (Lipinski definition) is 4. The van der Waals surface area contributed by atoms with Crippen molar-refractivity contribution in [1.82, 2.24) is 10.6 Å². The zero-order valence-electron chi connectivity index (χ0n) is 9.15. The summed E-state index contributed by atoms with van der Waals surface area (Å²) in [7, 11) is 1.70. The van der Waals surface area contributed by atoms with Crippen molar-refractivity contribution in [3.8, 4) is 0 Å². The predicted octanol–water partition coefficient (Wildman–Crippen LogP) is -1.21. The van der Waals surface area contributed by atoms with E-state index in [1.54, 1.807) is 14.0 Å². The van der Waals surface area contributed by atoms with Gasteiger partial charge in [-0.2, -0.15) is 0 Å². The highest BCUT2D eigenvalue weighted by Gasteiger charge is 2.26. The smallest absolute Gasteiger partial charge is 0.328 e. The van der Waals surface area contributed by atoms with Crippen molar-refractivity contribution in [2.45, 2.75) is 26.0 Å². The van der Waals surface area contributed by atoms with Gasteiger partial charge in [0.2, 0.25) is 5.91 Å². The van der Waals surface area contributed by atoms with Crippen molar-refractivity contribution >= 4 is 11.9 Å². The van der Waals surface area contributed by atoms with Crippen LogP contribution >= 0.6 is 0 Å². The molecule has 0 aliphatic rings. The van der Waals surface area contributed by atoms with Gasteiger partial charge in [-0.1, -0.05) is 6.92 Å². The van der Waals surface area contributed by atoms with Crippen molar-refractivity contribution in [2.24, 2.45) is 5.92 Å². The highest BCUT2D eigenvalue weighted by Crippen LogP contribution is 1.98. The molecule has 0 aromatic heterocycles. The fourth-order valence-electron chi connectivity index (χ4n) is 1.08. The van der Waals surface area contributed by atoms with Gasteiger partial charge in [-0.15, -0.1) is 0 Å². The van der Waals surface area contributed by atoms with Crippen molar-refractivity contribution in [3.63, 3.8) is 0 Å². The Balaban J connectivity index is 4.29. The summed E-state index contributed by atoms with van der Waals surface area (Å²) in [5, 5.41) is 22.9. The molecule has 3 atom stereocenters. The van der Waals surface area contributed by atoms with E-state index in [-0.39, 0.29) is 5.92 Å². The minimum absolute atomic E-state index is 0.337. The molecule has 0 aromatic rings. The van der Waals surface area contributed by atoms with Crippen molar-refractivity contribution in [2.75, 3.05) is 13.6 Å². The molecule has 0 radical (unpaired) electrons. The molecule has 0 saturated heterocycles. The Morgan fingerprint density at radius 2 is 1.87 bits per heavy atom. The maximum absolute atomic E-state index is 11.4. The average molecular weight is 218 g/mol. The summed E-state index contributed by atoms with van der Waals surface area (Å²) in [6, 6.07) is -1.25. The van der Waals surface area contributed by atoms with E-state index < -0.39 is 24.0 Å². The lowest BCUT2D eigenvalue weighted by atomic mass is 10.1. The van der Waals surface area contributed by atoms with Gasteiger partial charge >= 0.3 is 5.97 Å². The fourth-order valence-corrected chi connectivity index (χ4v) is 1.08. The van der Waals surface area contributed by atoms with E-state index in [0.29, 0.717) is 6.54 Å². The third kappa shape index (κ3) is 4.75. The van der Waals surface area contributed by atoms with Gasteiger partial charge in [0.25, 0.3) is 0 Å². The summed E-state index contributed by atoms with van der Waals surface area (Å²) in [6.45, 7) is 3.45. The number of nitrogens with one attached hydrogen (secondary N) is 2. The highest BCUT2D eigenvalue weighted by molar-refractivity contribution is 5.85. The van der Waals surface area contributed by atoms with E-state index in [1.807, 2.05) is 0 Å². The number of carbonyl (C=O) groups is 2. The second kappa shape index (κ2) is 6.36. The lowest BCUT2D eigenvalue weighted by Gasteiger charge is -2.19. The fraction of sp³-hybridized carbons (Fsp3) is 0.778. The van der Waals surface area contributed by atoms with E-state index in [2.05, 4.69) is 10.6 Å². The van der Waals surface area contributed by atoms with Gasteiger partial charge in [-0.25, -0.2) is 4.79 Å². The molecule has 0 rings (SSSR count). The van der Waals surface area contributed by atoms with Crippen molar-refractivity contribution in [1.29, 1.82) is 0 Å². The number of hydrogen-bond donors (Lipinski definition) is 4. The normalized spacial score (nSPS) is 16.5. The predicted molar refractivity (Wildman–Crippen MR) is 54.3 cm³/mol. The third-order valence-corrected chi connectivity index (χ3v) is 2.00. The molecule has 0 saturated carbocycles. The lowest BCUT2D eigenvalue weighted by Crippen LogP contribution is -2.50. The van der Waals surface area contributed by atoms with Crippen LogP contribution in [0.5, 0.6) is 0 Å². The van der Waals surface area contributed by atoms with Gasteiger partial charge in [0, 0.05) is 12.5 Å². The van der Waals surface area contributed by atoms with E-state index in [1.165, 1.54) is 6.92 Å². The molecule has 6 heteroatoms. The molecular weight excluding hydrogens is 200 g/mol. The molecule has 0 spiro atoms. The maximum Gasteiger partial charge on any atom is 0.328 e. The molecule has 3 unspecified atom stereocenters. The monoisotopic (exact) mass is 218 g/mol. The first-order valence-electron chi connectivity index (χ1n) is 4.76. The molecule has 0 heterocycles. The number of aliphatic hydroxyl groups is 1. The second-order valence-electron chi connectivity index (χ2n) is 3.52. The maximum atomic E-state index is 11.4. The van der Waals surface area contributed by atoms with Crippen LogP contribution in [0.2, 0.25) is 0 Å². The van der Waals surface area contributed by atoms with Gasteiger partial charge in [0.1, 0.15) is 0 Å². The number of carboxylic acid groups (broad SMARTS) is 1. The summed E-state index contributed by atoms with van der Waals surface area (Å²) in [5.74, 6) is -1.97. The van der Waals surface area contributed by atoms with Crippen LogP contribution in [0.1, 0.15) is 13.8 Å². The molecule has 88 valence electrons. The van der Waals surface area contributed by atoms with Crippen LogP contribution in [-0.2, 0) is 9.59 Å². The molecule has 0 aliphatic heterocycles. The number of aliphatic hydroxyl groups excluding tert-OH is 1. The Morgan fingerprint density at radius 3 is 2.20 bits per heavy atom. The summed E-state index contributed by atoms with van der Waals surface area (Å²) >= 11 is 0. The minimum Gasteiger partial charge on any atom is -0.480 e. The Morgan fingerprint density at radius 1 is 1.33 bits per heavy atom. The summed E-state index contributed by atoms with van der Waals surface area (Å²) in [6.07, 6.45) is -1.12. The molecule has 0 bridgehead atoms. The Hall–Kier alpha value is -1.14. The van der Waals surface area contributed by atoms with E-state index in [4.69, 9.17) is 10.2 Å². The number of aliphatic carboxylic acids is 1. The van der Waals surface area contributed by atoms with Crippen LogP contribution in [0.4, 0.5) is 0 Å². The zero-order valence-corrected chi connectivity index (χ0v) is 9.15. The van der Waals surface area contributed by atoms with E-state index in [9.17, 15) is 9.59 Å². The Labute approximate surface area is 88.7 Å². The quantitative estimate of drug-likeness (QED) is 0.448. The van der Waals surface area contributed by atoms with Crippen LogP contribution in [0.3, 0.4) is 0 Å². The molecule has 0 aliphatic carbocycles. The van der Waals surface area contributed by atoms with Gasteiger partial charge < -0.3 is 20.8 Å². The van der Waals surface area contributed by atoms with Gasteiger partial charge in [0.15, 0.2) is 6.04 Å². The Kier molecular flexibility index (Phi) is 5.88. The zero-order chi connectivity index (χ0) is 12.0. The van der Waals surface area contributed by atoms with Crippen LogP contribution in [-0.4, -0.2) is 47.8 Å². The average Bonchev–Trinajstić information content (AvgIpc) is 2.12. The van der Waals surface area contributed by atoms with Crippen LogP contribution in [0.15, 0.2) is 0 Å². The largest absolute Gasteiger partial charge is 0.480 e. The molecule has 15 heavy (non-hydrogen) atoms. The third-order valence-electron chi connectivity index (χ3n) is 2.00. The number of rotatable bonds is 6. The minimum atomic E-state index is -1.25.